The van der Waals surface area contributed by atoms with Gasteiger partial charge in [0.05, 0.1) is 11.5 Å². The van der Waals surface area contributed by atoms with Gasteiger partial charge in [0.1, 0.15) is 5.56 Å². The van der Waals surface area contributed by atoms with Crippen molar-refractivity contribution in [3.05, 3.63) is 33.9 Å². The number of amides is 1. The van der Waals surface area contributed by atoms with E-state index >= 15 is 0 Å². The Bertz CT molecular complexity index is 464. The van der Waals surface area contributed by atoms with Crippen LogP contribution >= 0.6 is 0 Å². The number of nitrogens with one attached hydrogen (secondary N) is 2. The molecule has 0 spiro atoms. The van der Waals surface area contributed by atoms with E-state index in [1.807, 2.05) is 6.92 Å². The molecule has 1 rings (SSSR count). The van der Waals surface area contributed by atoms with Gasteiger partial charge >= 0.3 is 0 Å². The average molecular weight is 268 g/mol. The van der Waals surface area contributed by atoms with E-state index in [2.05, 4.69) is 10.7 Å². The summed E-state index contributed by atoms with van der Waals surface area (Å²) in [5.41, 5.74) is 2.44. The van der Waals surface area contributed by atoms with Gasteiger partial charge in [-0.15, -0.1) is 0 Å². The number of hydrogen-bond acceptors (Lipinski definition) is 6. The molecule has 0 heterocycles. The Morgan fingerprint density at radius 2 is 2.26 bits per heavy atom. The average Bonchev–Trinajstić information content (AvgIpc) is 2.42. The molecule has 0 aliphatic rings. The number of nitrogen functional groups attached to an aromatic ring is 1. The van der Waals surface area contributed by atoms with Gasteiger partial charge in [-0.1, -0.05) is 0 Å². The normalized spacial score (nSPS) is 10.0. The highest BCUT2D eigenvalue weighted by Gasteiger charge is 2.20. The molecule has 0 aromatic heterocycles. The summed E-state index contributed by atoms with van der Waals surface area (Å²) < 4.78 is 5.06. The lowest BCUT2D eigenvalue weighted by Crippen LogP contribution is -2.28. The molecule has 1 aromatic rings. The highest BCUT2D eigenvalue weighted by Crippen LogP contribution is 2.22. The van der Waals surface area contributed by atoms with Crippen LogP contribution in [0.4, 0.5) is 11.4 Å². The van der Waals surface area contributed by atoms with Gasteiger partial charge in [0.2, 0.25) is 0 Å². The zero-order chi connectivity index (χ0) is 14.3. The molecule has 0 saturated heterocycles. The molecular formula is C11H16N4O4. The molecule has 4 N–H and O–H groups in total. The van der Waals surface area contributed by atoms with Gasteiger partial charge in [-0.05, 0) is 19.1 Å². The van der Waals surface area contributed by atoms with Crippen molar-refractivity contribution in [3.8, 4) is 0 Å². The highest BCUT2D eigenvalue weighted by atomic mass is 16.6. The molecule has 0 fully saturated rings. The van der Waals surface area contributed by atoms with Crippen LogP contribution in [-0.2, 0) is 4.74 Å². The molecule has 0 aliphatic carbocycles. The Labute approximate surface area is 110 Å². The van der Waals surface area contributed by atoms with Gasteiger partial charge in [-0.3, -0.25) is 20.8 Å². The molecule has 1 amide bonds. The number of hydrazine groups is 1. The maximum Gasteiger partial charge on any atom is 0.282 e. The van der Waals surface area contributed by atoms with Crippen molar-refractivity contribution in [2.45, 2.75) is 6.92 Å². The molecule has 0 atom stereocenters. The van der Waals surface area contributed by atoms with Crippen LogP contribution in [0.15, 0.2) is 18.2 Å². The predicted octanol–water partition coefficient (Wildman–Crippen LogP) is 0.647. The molecular weight excluding hydrogens is 252 g/mol. The number of carbonyl (C=O) groups is 1. The van der Waals surface area contributed by atoms with E-state index in [0.29, 0.717) is 18.9 Å². The molecule has 0 unspecified atom stereocenters. The van der Waals surface area contributed by atoms with Crippen molar-refractivity contribution in [1.29, 1.82) is 0 Å². The quantitative estimate of drug-likeness (QED) is 0.289. The first-order chi connectivity index (χ1) is 9.10. The number of benzene rings is 1. The SMILES string of the molecule is CCOCCNC(=O)c1cc(NN)ccc1[N+](=O)[O-]. The summed E-state index contributed by atoms with van der Waals surface area (Å²) in [5, 5.41) is 13.4. The topological polar surface area (TPSA) is 120 Å². The van der Waals surface area contributed by atoms with E-state index in [0.717, 1.165) is 0 Å². The van der Waals surface area contributed by atoms with Crippen molar-refractivity contribution in [2.24, 2.45) is 5.84 Å². The van der Waals surface area contributed by atoms with Crippen LogP contribution in [0.5, 0.6) is 0 Å². The summed E-state index contributed by atoms with van der Waals surface area (Å²) in [7, 11) is 0. The first-order valence-corrected chi connectivity index (χ1v) is 5.71. The van der Waals surface area contributed by atoms with Gasteiger partial charge in [0, 0.05) is 24.9 Å². The highest BCUT2D eigenvalue weighted by molar-refractivity contribution is 5.99. The number of rotatable bonds is 7. The monoisotopic (exact) mass is 268 g/mol. The Hall–Kier alpha value is -2.19. The summed E-state index contributed by atoms with van der Waals surface area (Å²) in [6.07, 6.45) is 0. The smallest absolute Gasteiger partial charge is 0.282 e. The summed E-state index contributed by atoms with van der Waals surface area (Å²) in [6, 6.07) is 3.98. The lowest BCUT2D eigenvalue weighted by molar-refractivity contribution is -0.385. The first kappa shape index (κ1) is 14.9. The fourth-order valence-corrected chi connectivity index (χ4v) is 1.44. The van der Waals surface area contributed by atoms with E-state index in [9.17, 15) is 14.9 Å². The number of hydrogen-bond donors (Lipinski definition) is 3. The lowest BCUT2D eigenvalue weighted by Gasteiger charge is -2.07. The minimum Gasteiger partial charge on any atom is -0.380 e. The summed E-state index contributed by atoms with van der Waals surface area (Å²) in [4.78, 5) is 22.1. The summed E-state index contributed by atoms with van der Waals surface area (Å²) >= 11 is 0. The zero-order valence-electron chi connectivity index (χ0n) is 10.5. The van der Waals surface area contributed by atoms with E-state index in [1.54, 1.807) is 0 Å². The van der Waals surface area contributed by atoms with Gasteiger partial charge in [0.15, 0.2) is 0 Å². The second-order valence-electron chi connectivity index (χ2n) is 3.59. The van der Waals surface area contributed by atoms with Crippen LogP contribution in [0.25, 0.3) is 0 Å². The Kier molecular flexibility index (Phi) is 5.71. The van der Waals surface area contributed by atoms with E-state index < -0.39 is 10.8 Å². The van der Waals surface area contributed by atoms with E-state index in [4.69, 9.17) is 10.6 Å². The van der Waals surface area contributed by atoms with Crippen molar-refractivity contribution < 1.29 is 14.5 Å². The summed E-state index contributed by atoms with van der Waals surface area (Å²) in [5.74, 6) is 4.67. The van der Waals surface area contributed by atoms with E-state index in [1.165, 1.54) is 18.2 Å². The molecule has 1 aromatic carbocycles. The first-order valence-electron chi connectivity index (χ1n) is 5.71. The number of nitrogens with zero attached hydrogens (tertiary/aromatic N) is 1. The fraction of sp³-hybridized carbons (Fsp3) is 0.364. The molecule has 104 valence electrons. The number of anilines is 1. The molecule has 8 heteroatoms. The number of ether oxygens (including phenoxy) is 1. The van der Waals surface area contributed by atoms with Gasteiger partial charge in [-0.2, -0.15) is 0 Å². The van der Waals surface area contributed by atoms with Crippen LogP contribution < -0.4 is 16.6 Å². The van der Waals surface area contributed by atoms with Crippen molar-refractivity contribution >= 4 is 17.3 Å². The molecule has 0 saturated carbocycles. The Morgan fingerprint density at radius 3 is 2.84 bits per heavy atom. The van der Waals surface area contributed by atoms with Crippen LogP contribution in [0.2, 0.25) is 0 Å². The molecule has 0 aliphatic heterocycles. The van der Waals surface area contributed by atoms with Crippen LogP contribution in [0, 0.1) is 10.1 Å². The van der Waals surface area contributed by atoms with Gasteiger partial charge < -0.3 is 15.5 Å². The van der Waals surface area contributed by atoms with Crippen molar-refractivity contribution in [1.82, 2.24) is 5.32 Å². The predicted molar refractivity (Wildman–Crippen MR) is 69.7 cm³/mol. The van der Waals surface area contributed by atoms with Gasteiger partial charge in [-0.25, -0.2) is 0 Å². The van der Waals surface area contributed by atoms with Crippen molar-refractivity contribution in [2.75, 3.05) is 25.2 Å². The van der Waals surface area contributed by atoms with Gasteiger partial charge in [0.25, 0.3) is 11.6 Å². The number of nitro benzene ring substituents is 1. The number of nitrogens with two attached hydrogens (primary N) is 1. The fourth-order valence-electron chi connectivity index (χ4n) is 1.44. The molecule has 19 heavy (non-hydrogen) atoms. The minimum atomic E-state index is -0.613. The minimum absolute atomic E-state index is 0.0445. The third-order valence-electron chi connectivity index (χ3n) is 2.34. The second-order valence-corrected chi connectivity index (χ2v) is 3.59. The maximum absolute atomic E-state index is 11.9. The lowest BCUT2D eigenvalue weighted by atomic mass is 10.1. The molecule has 8 nitrogen and oxygen atoms in total. The second kappa shape index (κ2) is 7.29. The third-order valence-corrected chi connectivity index (χ3v) is 2.34. The largest absolute Gasteiger partial charge is 0.380 e. The zero-order valence-corrected chi connectivity index (χ0v) is 10.5. The number of nitro groups is 1. The van der Waals surface area contributed by atoms with Crippen LogP contribution in [0.3, 0.4) is 0 Å². The van der Waals surface area contributed by atoms with Crippen LogP contribution in [-0.4, -0.2) is 30.6 Å². The standard InChI is InChI=1S/C11H16N4O4/c1-2-19-6-5-13-11(16)9-7-8(14-12)3-4-10(9)15(17)18/h3-4,7,14H,2,5-6,12H2,1H3,(H,13,16). The summed E-state index contributed by atoms with van der Waals surface area (Å²) in [6.45, 7) is 3.01. The third kappa shape index (κ3) is 4.19. The Balaban J connectivity index is 2.83. The molecule has 0 bridgehead atoms. The number of carbonyl (C=O) groups excluding carboxylic acids is 1. The molecule has 0 radical (unpaired) electrons. The van der Waals surface area contributed by atoms with Crippen molar-refractivity contribution in [3.63, 3.8) is 0 Å². The van der Waals surface area contributed by atoms with E-state index in [-0.39, 0.29) is 17.8 Å². The maximum atomic E-state index is 11.9. The Morgan fingerprint density at radius 1 is 1.53 bits per heavy atom. The van der Waals surface area contributed by atoms with Crippen LogP contribution in [0.1, 0.15) is 17.3 Å².